The lowest BCUT2D eigenvalue weighted by atomic mass is 10.0. The van der Waals surface area contributed by atoms with Gasteiger partial charge in [0.1, 0.15) is 0 Å². The Morgan fingerprint density at radius 3 is 2.00 bits per heavy atom. The van der Waals surface area contributed by atoms with Gasteiger partial charge in [0.15, 0.2) is 0 Å². The van der Waals surface area contributed by atoms with Gasteiger partial charge >= 0.3 is 0 Å². The average molecular weight is 332 g/mol. The summed E-state index contributed by atoms with van der Waals surface area (Å²) in [5, 5.41) is 0. The summed E-state index contributed by atoms with van der Waals surface area (Å²) in [6, 6.07) is 8.87. The molecule has 1 aromatic carbocycles. The van der Waals surface area contributed by atoms with Crippen LogP contribution in [0.2, 0.25) is 0 Å². The van der Waals surface area contributed by atoms with E-state index >= 15 is 0 Å². The van der Waals surface area contributed by atoms with Crippen molar-refractivity contribution in [2.24, 2.45) is 4.99 Å². The van der Waals surface area contributed by atoms with Crippen molar-refractivity contribution in [1.29, 1.82) is 0 Å². The Labute approximate surface area is 150 Å². The minimum absolute atomic E-state index is 1.06. The number of aliphatic imine (C=N–C) groups is 1. The number of piperazine rings is 1. The van der Waals surface area contributed by atoms with Gasteiger partial charge in [-0.25, -0.2) is 0 Å². The van der Waals surface area contributed by atoms with Crippen LogP contribution < -0.4 is 0 Å². The monoisotopic (exact) mass is 331 g/mol. The van der Waals surface area contributed by atoms with Crippen molar-refractivity contribution in [2.45, 2.75) is 41.2 Å². The van der Waals surface area contributed by atoms with Gasteiger partial charge in [-0.1, -0.05) is 58.0 Å². The Balaban J connectivity index is 0.00000123. The lowest BCUT2D eigenvalue weighted by molar-refractivity contribution is 0.148. The lowest BCUT2D eigenvalue weighted by Crippen LogP contribution is -2.43. The molecule has 0 saturated carbocycles. The molecule has 136 valence electrons. The maximum Gasteiger partial charge on any atom is 0.0284 e. The number of allylic oxidation sites excluding steroid dienone is 2. The van der Waals surface area contributed by atoms with Crippen molar-refractivity contribution in [1.82, 2.24) is 9.80 Å². The van der Waals surface area contributed by atoms with E-state index in [-0.39, 0.29) is 0 Å². The van der Waals surface area contributed by atoms with Gasteiger partial charge in [-0.2, -0.15) is 0 Å². The Kier molecular flexibility index (Phi) is 13.1. The Hall–Kier alpha value is -1.45. The summed E-state index contributed by atoms with van der Waals surface area (Å²) in [6.45, 7) is 15.8. The lowest BCUT2D eigenvalue weighted by Gasteiger charge is -2.32. The predicted octanol–water partition coefficient (Wildman–Crippen LogP) is 4.59. The van der Waals surface area contributed by atoms with E-state index in [0.29, 0.717) is 0 Å². The molecule has 1 saturated heterocycles. The quantitative estimate of drug-likeness (QED) is 0.751. The molecule has 0 bridgehead atoms. The van der Waals surface area contributed by atoms with Crippen molar-refractivity contribution in [2.75, 3.05) is 40.3 Å². The van der Waals surface area contributed by atoms with Crippen LogP contribution in [0.15, 0.2) is 35.3 Å². The Morgan fingerprint density at radius 2 is 1.54 bits per heavy atom. The molecule has 0 radical (unpaired) electrons. The average Bonchev–Trinajstić information content (AvgIpc) is 2.66. The van der Waals surface area contributed by atoms with Crippen LogP contribution in [0, 0.1) is 0 Å². The molecule has 0 spiro atoms. The van der Waals surface area contributed by atoms with Crippen molar-refractivity contribution in [3.63, 3.8) is 0 Å². The first-order valence-electron chi connectivity index (χ1n) is 9.31. The van der Waals surface area contributed by atoms with Crippen molar-refractivity contribution < 1.29 is 0 Å². The number of likely N-dealkylation sites (N-methyl/N-ethyl adjacent to an activating group) is 1. The summed E-state index contributed by atoms with van der Waals surface area (Å²) in [7, 11) is 4.01. The van der Waals surface area contributed by atoms with E-state index in [1.165, 1.54) is 42.9 Å². The summed E-state index contributed by atoms with van der Waals surface area (Å²) in [5.41, 5.74) is 3.81. The Bertz CT molecular complexity index is 466. The zero-order chi connectivity index (χ0) is 18.4. The molecule has 1 aliphatic heterocycles. The molecule has 0 N–H and O–H groups in total. The standard InChI is InChI=1S/C17H25N3.2C2H6/c1-4-16(13-18-2)17-7-5-15(6-8-17)14-20-11-9-19(3)10-12-20;2*1-2/h4-8,13H,9-12,14H2,1-3H3;2*1-2H3/b16-4+,18-13?;;. The summed E-state index contributed by atoms with van der Waals surface area (Å²) >= 11 is 0. The van der Waals surface area contributed by atoms with Gasteiger partial charge in [0.2, 0.25) is 0 Å². The molecular weight excluding hydrogens is 294 g/mol. The van der Waals surface area contributed by atoms with Crippen molar-refractivity contribution >= 4 is 11.8 Å². The second-order valence-electron chi connectivity index (χ2n) is 5.41. The van der Waals surface area contributed by atoms with E-state index in [1.807, 2.05) is 41.0 Å². The van der Waals surface area contributed by atoms with E-state index in [9.17, 15) is 0 Å². The van der Waals surface area contributed by atoms with Crippen LogP contribution in [-0.2, 0) is 6.54 Å². The van der Waals surface area contributed by atoms with Gasteiger partial charge in [0.05, 0.1) is 0 Å². The number of hydrogen-bond donors (Lipinski definition) is 0. The fourth-order valence-corrected chi connectivity index (χ4v) is 2.52. The third-order valence-corrected chi connectivity index (χ3v) is 3.87. The second kappa shape index (κ2) is 13.9. The molecule has 0 unspecified atom stereocenters. The highest BCUT2D eigenvalue weighted by atomic mass is 15.2. The summed E-state index contributed by atoms with van der Waals surface area (Å²) in [5.74, 6) is 0. The van der Waals surface area contributed by atoms with E-state index in [0.717, 1.165) is 6.54 Å². The highest BCUT2D eigenvalue weighted by molar-refractivity contribution is 6.09. The maximum absolute atomic E-state index is 4.10. The second-order valence-corrected chi connectivity index (χ2v) is 5.41. The van der Waals surface area contributed by atoms with E-state index in [4.69, 9.17) is 0 Å². The van der Waals surface area contributed by atoms with Crippen molar-refractivity contribution in [3.8, 4) is 0 Å². The van der Waals surface area contributed by atoms with Gasteiger partial charge in [0.25, 0.3) is 0 Å². The third-order valence-electron chi connectivity index (χ3n) is 3.87. The summed E-state index contributed by atoms with van der Waals surface area (Å²) in [6.07, 6.45) is 4.01. The van der Waals surface area contributed by atoms with Crippen LogP contribution in [0.4, 0.5) is 0 Å². The number of rotatable bonds is 4. The fourth-order valence-electron chi connectivity index (χ4n) is 2.52. The topological polar surface area (TPSA) is 18.8 Å². The zero-order valence-corrected chi connectivity index (χ0v) is 16.8. The normalized spacial score (nSPS) is 16.2. The highest BCUT2D eigenvalue weighted by Crippen LogP contribution is 2.15. The van der Waals surface area contributed by atoms with Crippen LogP contribution in [0.5, 0.6) is 0 Å². The SMILES string of the molecule is C/C=C(\C=NC)c1ccc(CN2CCN(C)CC2)cc1.CC.CC. The van der Waals surface area contributed by atoms with E-state index in [2.05, 4.69) is 59.1 Å². The van der Waals surface area contributed by atoms with Gasteiger partial charge < -0.3 is 4.90 Å². The van der Waals surface area contributed by atoms with Gasteiger partial charge in [-0.15, -0.1) is 0 Å². The fraction of sp³-hybridized carbons (Fsp3) is 0.571. The summed E-state index contributed by atoms with van der Waals surface area (Å²) < 4.78 is 0. The molecule has 0 atom stereocenters. The molecule has 3 nitrogen and oxygen atoms in total. The molecule has 0 aliphatic carbocycles. The molecule has 1 aromatic rings. The number of nitrogens with zero attached hydrogens (tertiary/aromatic N) is 3. The molecule has 2 rings (SSSR count). The summed E-state index contributed by atoms with van der Waals surface area (Å²) in [4.78, 5) is 9.02. The van der Waals surface area contributed by atoms with E-state index in [1.54, 1.807) is 0 Å². The largest absolute Gasteiger partial charge is 0.304 e. The third kappa shape index (κ3) is 7.89. The number of hydrogen-bond acceptors (Lipinski definition) is 3. The molecule has 3 heteroatoms. The molecule has 0 aromatic heterocycles. The highest BCUT2D eigenvalue weighted by Gasteiger charge is 2.13. The first kappa shape index (κ1) is 22.6. The van der Waals surface area contributed by atoms with Crippen LogP contribution >= 0.6 is 0 Å². The molecule has 1 fully saturated rings. The van der Waals surface area contributed by atoms with E-state index < -0.39 is 0 Å². The first-order chi connectivity index (χ1) is 11.7. The van der Waals surface area contributed by atoms with Crippen LogP contribution in [0.1, 0.15) is 45.7 Å². The van der Waals surface area contributed by atoms with Crippen LogP contribution in [0.3, 0.4) is 0 Å². The molecule has 24 heavy (non-hydrogen) atoms. The first-order valence-corrected chi connectivity index (χ1v) is 9.31. The zero-order valence-electron chi connectivity index (χ0n) is 16.8. The Morgan fingerprint density at radius 1 is 1.00 bits per heavy atom. The van der Waals surface area contributed by atoms with Crippen molar-refractivity contribution in [3.05, 3.63) is 41.5 Å². The minimum atomic E-state index is 1.06. The van der Waals surface area contributed by atoms with Crippen LogP contribution in [-0.4, -0.2) is 56.3 Å². The molecule has 0 amide bonds. The minimum Gasteiger partial charge on any atom is -0.304 e. The number of benzene rings is 1. The molecule has 1 aliphatic rings. The predicted molar refractivity (Wildman–Crippen MR) is 110 cm³/mol. The molecular formula is C21H37N3. The molecule has 1 heterocycles. The van der Waals surface area contributed by atoms with Gasteiger partial charge in [-0.3, -0.25) is 9.89 Å². The maximum atomic E-state index is 4.10. The van der Waals surface area contributed by atoms with Gasteiger partial charge in [0, 0.05) is 46.0 Å². The smallest absolute Gasteiger partial charge is 0.0284 e. The van der Waals surface area contributed by atoms with Gasteiger partial charge in [-0.05, 0) is 30.7 Å². The van der Waals surface area contributed by atoms with Crippen LogP contribution in [0.25, 0.3) is 5.57 Å².